The van der Waals surface area contributed by atoms with Gasteiger partial charge in [-0.1, -0.05) is 45.9 Å². The van der Waals surface area contributed by atoms with Gasteiger partial charge in [0, 0.05) is 39.1 Å². The average Bonchev–Trinajstić information content (AvgIpc) is 3.57. The highest BCUT2D eigenvalue weighted by molar-refractivity contribution is 7.18. The van der Waals surface area contributed by atoms with Gasteiger partial charge in [-0.25, -0.2) is 9.37 Å². The molecule has 0 spiro atoms. The van der Waals surface area contributed by atoms with Gasteiger partial charge in [0.2, 0.25) is 0 Å². The summed E-state index contributed by atoms with van der Waals surface area (Å²) in [4.78, 5) is 12.6. The smallest absolute Gasteiger partial charge is 0.133 e. The molecule has 1 aliphatic rings. The standard InChI is InChI=1S/C29H26FN3S/c1-15(2)25-13-22-19-7-5-17(11-23(19)28-21(9-10-34-28)27(22)32-25)18-6-8-20(24(30)12-18)26-14-31-29(33-26)16(3)4/h5-12,14-16H,13H2,1-4H3,(H,31,33). The number of benzene rings is 3. The molecule has 34 heavy (non-hydrogen) atoms. The van der Waals surface area contributed by atoms with E-state index in [1.54, 1.807) is 23.6 Å². The van der Waals surface area contributed by atoms with Crippen LogP contribution in [0.5, 0.6) is 0 Å². The van der Waals surface area contributed by atoms with E-state index in [1.807, 2.05) is 12.1 Å². The number of aromatic nitrogens is 2. The first-order valence-electron chi connectivity index (χ1n) is 11.8. The molecule has 1 aliphatic heterocycles. The molecule has 3 heterocycles. The lowest BCUT2D eigenvalue weighted by molar-refractivity contribution is 0.631. The Morgan fingerprint density at radius 2 is 1.71 bits per heavy atom. The van der Waals surface area contributed by atoms with E-state index in [-0.39, 0.29) is 11.7 Å². The monoisotopic (exact) mass is 467 g/mol. The maximum Gasteiger partial charge on any atom is 0.133 e. The number of hydrogen-bond acceptors (Lipinski definition) is 3. The van der Waals surface area contributed by atoms with Gasteiger partial charge in [0.1, 0.15) is 11.6 Å². The van der Waals surface area contributed by atoms with Crippen LogP contribution < -0.4 is 0 Å². The summed E-state index contributed by atoms with van der Waals surface area (Å²) in [5, 5.41) is 5.84. The quantitative estimate of drug-likeness (QED) is 0.282. The van der Waals surface area contributed by atoms with Crippen molar-refractivity contribution < 1.29 is 4.39 Å². The fourth-order valence-corrected chi connectivity index (χ4v) is 5.78. The number of halogens is 1. The van der Waals surface area contributed by atoms with Gasteiger partial charge in [-0.3, -0.25) is 4.99 Å². The third-order valence-corrected chi connectivity index (χ3v) is 7.76. The Labute approximate surface area is 202 Å². The molecule has 0 aliphatic carbocycles. The fourth-order valence-electron chi connectivity index (χ4n) is 4.85. The number of aliphatic imine (C=N–C) groups is 1. The lowest BCUT2D eigenvalue weighted by atomic mass is 9.93. The van der Waals surface area contributed by atoms with Crippen molar-refractivity contribution in [2.75, 3.05) is 0 Å². The average molecular weight is 468 g/mol. The number of nitrogens with one attached hydrogen (secondary N) is 1. The second-order valence-electron chi connectivity index (χ2n) is 9.72. The van der Waals surface area contributed by atoms with Gasteiger partial charge in [-0.2, -0.15) is 0 Å². The van der Waals surface area contributed by atoms with Crippen LogP contribution in [0.4, 0.5) is 10.1 Å². The molecule has 170 valence electrons. The third kappa shape index (κ3) is 3.30. The Morgan fingerprint density at radius 1 is 0.912 bits per heavy atom. The number of fused-ring (bicyclic) bond motifs is 6. The van der Waals surface area contributed by atoms with Gasteiger partial charge in [0.05, 0.1) is 17.6 Å². The third-order valence-electron chi connectivity index (χ3n) is 6.81. The van der Waals surface area contributed by atoms with Crippen LogP contribution in [-0.4, -0.2) is 15.7 Å². The zero-order chi connectivity index (χ0) is 23.6. The van der Waals surface area contributed by atoms with Crippen molar-refractivity contribution in [3.05, 3.63) is 71.2 Å². The summed E-state index contributed by atoms with van der Waals surface area (Å²) in [5.41, 5.74) is 6.84. The molecule has 3 aromatic carbocycles. The number of imidazole rings is 1. The molecule has 0 radical (unpaired) electrons. The molecule has 0 atom stereocenters. The summed E-state index contributed by atoms with van der Waals surface area (Å²) in [6.07, 6.45) is 2.62. The van der Waals surface area contributed by atoms with Crippen LogP contribution in [0.25, 0.3) is 43.2 Å². The second-order valence-corrected chi connectivity index (χ2v) is 10.6. The molecule has 0 fully saturated rings. The zero-order valence-corrected chi connectivity index (χ0v) is 20.6. The van der Waals surface area contributed by atoms with Crippen LogP contribution in [-0.2, 0) is 6.42 Å². The highest BCUT2D eigenvalue weighted by Crippen LogP contribution is 2.45. The molecule has 5 aromatic rings. The normalized spacial score (nSPS) is 13.4. The second kappa shape index (κ2) is 7.88. The van der Waals surface area contributed by atoms with Crippen LogP contribution >= 0.6 is 11.3 Å². The Hall–Kier alpha value is -3.31. The summed E-state index contributed by atoms with van der Waals surface area (Å²) < 4.78 is 16.4. The molecule has 0 amide bonds. The maximum atomic E-state index is 15.2. The van der Waals surface area contributed by atoms with E-state index < -0.39 is 0 Å². The van der Waals surface area contributed by atoms with Crippen molar-refractivity contribution in [2.24, 2.45) is 10.9 Å². The topological polar surface area (TPSA) is 41.0 Å². The number of thiophene rings is 1. The van der Waals surface area contributed by atoms with Crippen LogP contribution in [0, 0.1) is 11.7 Å². The van der Waals surface area contributed by atoms with Gasteiger partial charge in [0.25, 0.3) is 0 Å². The summed E-state index contributed by atoms with van der Waals surface area (Å²) in [7, 11) is 0. The highest BCUT2D eigenvalue weighted by Gasteiger charge is 2.23. The van der Waals surface area contributed by atoms with Crippen molar-refractivity contribution in [3.8, 4) is 22.4 Å². The van der Waals surface area contributed by atoms with Crippen molar-refractivity contribution in [2.45, 2.75) is 40.0 Å². The molecular formula is C29H26FN3S. The minimum absolute atomic E-state index is 0.248. The van der Waals surface area contributed by atoms with Crippen molar-refractivity contribution in [1.29, 1.82) is 0 Å². The van der Waals surface area contributed by atoms with Crippen molar-refractivity contribution in [3.63, 3.8) is 0 Å². The predicted molar refractivity (Wildman–Crippen MR) is 142 cm³/mol. The van der Waals surface area contributed by atoms with Crippen molar-refractivity contribution in [1.82, 2.24) is 9.97 Å². The Bertz CT molecular complexity index is 1600. The largest absolute Gasteiger partial charge is 0.342 e. The number of aromatic amines is 1. The Kier molecular flexibility index (Phi) is 4.92. The van der Waals surface area contributed by atoms with E-state index in [0.717, 1.165) is 29.1 Å². The van der Waals surface area contributed by atoms with Crippen LogP contribution in [0.15, 0.2) is 59.0 Å². The molecule has 0 bridgehead atoms. The first kappa shape index (κ1) is 21.2. The summed E-state index contributed by atoms with van der Waals surface area (Å²) in [5.74, 6) is 1.32. The van der Waals surface area contributed by atoms with Crippen molar-refractivity contribution >= 4 is 43.6 Å². The van der Waals surface area contributed by atoms with Gasteiger partial charge in [-0.15, -0.1) is 11.3 Å². The van der Waals surface area contributed by atoms with E-state index in [1.165, 1.54) is 32.1 Å². The molecular weight excluding hydrogens is 441 g/mol. The molecule has 3 nitrogen and oxygen atoms in total. The molecule has 0 saturated heterocycles. The number of rotatable bonds is 4. The summed E-state index contributed by atoms with van der Waals surface area (Å²) in [6, 6.07) is 14.2. The molecule has 5 heteroatoms. The van der Waals surface area contributed by atoms with E-state index in [0.29, 0.717) is 17.2 Å². The molecule has 0 saturated carbocycles. The summed E-state index contributed by atoms with van der Waals surface area (Å²) >= 11 is 1.75. The van der Waals surface area contributed by atoms with Gasteiger partial charge < -0.3 is 4.98 Å². The molecule has 6 rings (SSSR count). The van der Waals surface area contributed by atoms with Crippen LogP contribution in [0.1, 0.15) is 45.0 Å². The number of hydrogen-bond donors (Lipinski definition) is 1. The minimum Gasteiger partial charge on any atom is -0.342 e. The van der Waals surface area contributed by atoms with E-state index >= 15 is 4.39 Å². The molecule has 0 unspecified atom stereocenters. The predicted octanol–water partition coefficient (Wildman–Crippen LogP) is 8.66. The first-order valence-corrected chi connectivity index (χ1v) is 12.7. The molecule has 1 N–H and O–H groups in total. The van der Waals surface area contributed by atoms with Gasteiger partial charge >= 0.3 is 0 Å². The number of nitrogens with zero attached hydrogens (tertiary/aromatic N) is 2. The van der Waals surface area contributed by atoms with Crippen LogP contribution in [0.2, 0.25) is 0 Å². The van der Waals surface area contributed by atoms with Gasteiger partial charge in [0.15, 0.2) is 0 Å². The Morgan fingerprint density at radius 3 is 2.44 bits per heavy atom. The van der Waals surface area contributed by atoms with E-state index in [9.17, 15) is 0 Å². The Balaban J connectivity index is 1.45. The highest BCUT2D eigenvalue weighted by atomic mass is 32.1. The van der Waals surface area contributed by atoms with Crippen LogP contribution in [0.3, 0.4) is 0 Å². The van der Waals surface area contributed by atoms with Gasteiger partial charge in [-0.05, 0) is 57.6 Å². The first-order chi connectivity index (χ1) is 16.4. The fraction of sp³-hybridized carbons (Fsp3) is 0.241. The van der Waals surface area contributed by atoms with E-state index in [4.69, 9.17) is 4.99 Å². The maximum absolute atomic E-state index is 15.2. The SMILES string of the molecule is CC(C)C1=Nc2c(c3ccc(-c4ccc(-c5cnc(C(C)C)[nH]5)c(F)c4)cc3c3sccc23)C1. The number of H-pyrrole nitrogens is 1. The summed E-state index contributed by atoms with van der Waals surface area (Å²) in [6.45, 7) is 8.55. The van der Waals surface area contributed by atoms with E-state index in [2.05, 4.69) is 67.3 Å². The molecule has 2 aromatic heterocycles. The zero-order valence-electron chi connectivity index (χ0n) is 19.7. The lowest BCUT2D eigenvalue weighted by Gasteiger charge is -2.11. The lowest BCUT2D eigenvalue weighted by Crippen LogP contribution is -2.06. The minimum atomic E-state index is -0.248.